The predicted octanol–water partition coefficient (Wildman–Crippen LogP) is 3.35. The molecule has 0 radical (unpaired) electrons. The normalized spacial score (nSPS) is 26.9. The summed E-state index contributed by atoms with van der Waals surface area (Å²) in [6, 6.07) is 0. The number of carbonyl (C=O) groups excluding carboxylic acids is 2. The van der Waals surface area contributed by atoms with Crippen molar-refractivity contribution >= 4 is 11.6 Å². The van der Waals surface area contributed by atoms with Gasteiger partial charge in [0, 0.05) is 0 Å². The molecule has 18 heavy (non-hydrogen) atoms. The Morgan fingerprint density at radius 1 is 1.50 bits per heavy atom. The van der Waals surface area contributed by atoms with Crippen molar-refractivity contribution in [1.29, 1.82) is 0 Å². The SMILES string of the molecule is C=C[C@]1(C)C(=O)c2occ(C)c2C(=O)[C@H]1C(=C)C. The predicted molar refractivity (Wildman–Crippen MR) is 68.7 cm³/mol. The monoisotopic (exact) mass is 244 g/mol. The smallest absolute Gasteiger partial charge is 0.209 e. The van der Waals surface area contributed by atoms with Crippen molar-refractivity contribution in [2.45, 2.75) is 20.8 Å². The fraction of sp³-hybridized carbons (Fsp3) is 0.333. The fourth-order valence-electron chi connectivity index (χ4n) is 2.66. The van der Waals surface area contributed by atoms with Crippen LogP contribution in [0.5, 0.6) is 0 Å². The number of ketones is 2. The number of carbonyl (C=O) groups is 2. The zero-order chi connectivity index (χ0) is 13.7. The molecule has 0 spiro atoms. The molecule has 2 atom stereocenters. The topological polar surface area (TPSA) is 47.3 Å². The first-order chi connectivity index (χ1) is 8.34. The molecule has 0 aliphatic heterocycles. The average molecular weight is 244 g/mol. The highest BCUT2D eigenvalue weighted by molar-refractivity contribution is 6.18. The molecule has 0 unspecified atom stereocenters. The minimum Gasteiger partial charge on any atom is -0.460 e. The number of aryl methyl sites for hydroxylation is 1. The molecule has 1 heterocycles. The summed E-state index contributed by atoms with van der Waals surface area (Å²) in [5.74, 6) is -0.720. The van der Waals surface area contributed by atoms with Crippen LogP contribution < -0.4 is 0 Å². The fourth-order valence-corrected chi connectivity index (χ4v) is 2.66. The Kier molecular flexibility index (Phi) is 2.65. The summed E-state index contributed by atoms with van der Waals surface area (Å²) in [7, 11) is 0. The second kappa shape index (κ2) is 3.80. The third-order valence-electron chi connectivity index (χ3n) is 3.70. The van der Waals surface area contributed by atoms with E-state index in [9.17, 15) is 9.59 Å². The van der Waals surface area contributed by atoms with Gasteiger partial charge in [0.05, 0.1) is 23.2 Å². The van der Waals surface area contributed by atoms with E-state index in [2.05, 4.69) is 13.2 Å². The Morgan fingerprint density at radius 2 is 2.11 bits per heavy atom. The lowest BCUT2D eigenvalue weighted by Gasteiger charge is -2.36. The highest BCUT2D eigenvalue weighted by atomic mass is 16.3. The molecule has 0 fully saturated rings. The van der Waals surface area contributed by atoms with Gasteiger partial charge in [-0.2, -0.15) is 0 Å². The molecule has 0 bridgehead atoms. The summed E-state index contributed by atoms with van der Waals surface area (Å²) in [5, 5.41) is 0. The minimum atomic E-state index is -0.972. The van der Waals surface area contributed by atoms with E-state index in [4.69, 9.17) is 4.42 Å². The molecule has 0 saturated heterocycles. The molecular formula is C15H16O3. The highest BCUT2D eigenvalue weighted by Gasteiger charge is 2.51. The van der Waals surface area contributed by atoms with E-state index in [0.717, 1.165) is 0 Å². The molecule has 0 aromatic carbocycles. The van der Waals surface area contributed by atoms with Crippen molar-refractivity contribution < 1.29 is 14.0 Å². The summed E-state index contributed by atoms with van der Waals surface area (Å²) in [6.07, 6.45) is 2.97. The van der Waals surface area contributed by atoms with Gasteiger partial charge in [-0.05, 0) is 26.3 Å². The van der Waals surface area contributed by atoms with Crippen molar-refractivity contribution in [2.75, 3.05) is 0 Å². The van der Waals surface area contributed by atoms with Gasteiger partial charge in [-0.25, -0.2) is 0 Å². The molecule has 2 rings (SSSR count). The number of fused-ring (bicyclic) bond motifs is 1. The minimum absolute atomic E-state index is 0.106. The first-order valence-corrected chi connectivity index (χ1v) is 5.80. The van der Waals surface area contributed by atoms with Crippen LogP contribution in [-0.4, -0.2) is 11.6 Å². The number of furan rings is 1. The van der Waals surface area contributed by atoms with Gasteiger partial charge < -0.3 is 4.42 Å². The zero-order valence-electron chi connectivity index (χ0n) is 10.9. The van der Waals surface area contributed by atoms with Gasteiger partial charge >= 0.3 is 0 Å². The van der Waals surface area contributed by atoms with Gasteiger partial charge in [-0.15, -0.1) is 6.58 Å². The summed E-state index contributed by atoms with van der Waals surface area (Å²) >= 11 is 0. The van der Waals surface area contributed by atoms with Gasteiger partial charge in [-0.3, -0.25) is 9.59 Å². The first kappa shape index (κ1) is 12.6. The largest absolute Gasteiger partial charge is 0.460 e. The lowest BCUT2D eigenvalue weighted by atomic mass is 9.63. The number of rotatable bonds is 2. The van der Waals surface area contributed by atoms with Crippen LogP contribution in [0.4, 0.5) is 0 Å². The Labute approximate surface area is 106 Å². The second-order valence-electron chi connectivity index (χ2n) is 5.08. The molecule has 3 nitrogen and oxygen atoms in total. The van der Waals surface area contributed by atoms with E-state index in [1.165, 1.54) is 12.3 Å². The van der Waals surface area contributed by atoms with Gasteiger partial charge in [-0.1, -0.05) is 18.2 Å². The van der Waals surface area contributed by atoms with Crippen molar-refractivity contribution in [2.24, 2.45) is 11.3 Å². The Bertz CT molecular complexity index is 577. The van der Waals surface area contributed by atoms with E-state index >= 15 is 0 Å². The molecule has 0 N–H and O–H groups in total. The standard InChI is InChI=1S/C15H16O3/c1-6-15(5)11(8(2)3)12(16)10-9(4)7-18-13(10)14(15)17/h6-7,11H,1-2H2,3-5H3/t11-,15+/m1/s1. The van der Waals surface area contributed by atoms with Crippen molar-refractivity contribution in [3.63, 3.8) is 0 Å². The van der Waals surface area contributed by atoms with E-state index in [0.29, 0.717) is 16.7 Å². The molecule has 0 amide bonds. The number of hydrogen-bond acceptors (Lipinski definition) is 3. The average Bonchev–Trinajstić information content (AvgIpc) is 2.68. The molecule has 1 aromatic heterocycles. The molecule has 1 aliphatic carbocycles. The third-order valence-corrected chi connectivity index (χ3v) is 3.70. The van der Waals surface area contributed by atoms with Gasteiger partial charge in [0.1, 0.15) is 0 Å². The van der Waals surface area contributed by atoms with Crippen LogP contribution in [0.3, 0.4) is 0 Å². The summed E-state index contributed by atoms with van der Waals surface area (Å²) < 4.78 is 5.25. The summed E-state index contributed by atoms with van der Waals surface area (Å²) in [5.41, 5.74) is 0.787. The van der Waals surface area contributed by atoms with Crippen LogP contribution >= 0.6 is 0 Å². The zero-order valence-corrected chi connectivity index (χ0v) is 10.9. The van der Waals surface area contributed by atoms with E-state index < -0.39 is 11.3 Å². The maximum Gasteiger partial charge on any atom is 0.209 e. The molecular weight excluding hydrogens is 228 g/mol. The maximum atomic E-state index is 12.5. The quantitative estimate of drug-likeness (QED) is 0.749. The summed E-state index contributed by atoms with van der Waals surface area (Å²) in [4.78, 5) is 25.0. The highest BCUT2D eigenvalue weighted by Crippen LogP contribution is 2.44. The molecule has 0 saturated carbocycles. The molecule has 3 heteroatoms. The van der Waals surface area contributed by atoms with Crippen LogP contribution in [-0.2, 0) is 0 Å². The van der Waals surface area contributed by atoms with Crippen LogP contribution in [0.15, 0.2) is 35.5 Å². The number of hydrogen-bond donors (Lipinski definition) is 0. The van der Waals surface area contributed by atoms with Crippen LogP contribution in [0.1, 0.15) is 40.3 Å². The molecule has 1 aromatic rings. The van der Waals surface area contributed by atoms with Gasteiger partial charge in [0.15, 0.2) is 11.5 Å². The lowest BCUT2D eigenvalue weighted by Crippen LogP contribution is -2.44. The Balaban J connectivity index is 2.76. The van der Waals surface area contributed by atoms with Gasteiger partial charge in [0.25, 0.3) is 0 Å². The Morgan fingerprint density at radius 3 is 2.61 bits per heavy atom. The lowest BCUT2D eigenvalue weighted by molar-refractivity contribution is 0.0669. The van der Waals surface area contributed by atoms with E-state index in [-0.39, 0.29) is 17.3 Å². The first-order valence-electron chi connectivity index (χ1n) is 5.80. The van der Waals surface area contributed by atoms with Crippen molar-refractivity contribution in [1.82, 2.24) is 0 Å². The molecule has 1 aliphatic rings. The summed E-state index contributed by atoms with van der Waals surface area (Å²) in [6.45, 7) is 12.8. The number of allylic oxidation sites excluding steroid dienone is 2. The van der Waals surface area contributed by atoms with E-state index in [1.807, 2.05) is 0 Å². The molecule has 94 valence electrons. The van der Waals surface area contributed by atoms with Crippen LogP contribution in [0, 0.1) is 18.3 Å². The van der Waals surface area contributed by atoms with Crippen molar-refractivity contribution in [3.8, 4) is 0 Å². The van der Waals surface area contributed by atoms with E-state index in [1.54, 1.807) is 20.8 Å². The maximum absolute atomic E-state index is 12.5. The Hall–Kier alpha value is -1.90. The van der Waals surface area contributed by atoms with Gasteiger partial charge in [0.2, 0.25) is 5.78 Å². The third kappa shape index (κ3) is 1.37. The van der Waals surface area contributed by atoms with Crippen molar-refractivity contribution in [3.05, 3.63) is 48.0 Å². The number of Topliss-reactive ketones (excluding diaryl/α,β-unsaturated/α-hetero) is 2. The van der Waals surface area contributed by atoms with Crippen LogP contribution in [0.25, 0.3) is 0 Å². The van der Waals surface area contributed by atoms with Crippen LogP contribution in [0.2, 0.25) is 0 Å². The second-order valence-corrected chi connectivity index (χ2v) is 5.08.